The second kappa shape index (κ2) is 5.61. The van der Waals surface area contributed by atoms with Gasteiger partial charge in [0, 0.05) is 41.3 Å². The number of fused-ring (bicyclic) bond motifs is 1. The number of thiophene rings is 1. The lowest BCUT2D eigenvalue weighted by atomic mass is 9.57. The standard InChI is InChI=1S/C16H24N2O2S/c1-10(12-5-4-8-21-12)9-17-15(19)18-13-11-6-7-20-14(11)16(13,2)3/h4-5,8,10-11,13-14H,6-7,9H2,1-3H3,(H2,17,18,19). The van der Waals surface area contributed by atoms with Crippen molar-refractivity contribution in [3.8, 4) is 0 Å². The van der Waals surface area contributed by atoms with E-state index in [-0.39, 0.29) is 17.5 Å². The molecule has 3 rings (SSSR count). The lowest BCUT2D eigenvalue weighted by molar-refractivity contribution is -0.108. The maximum Gasteiger partial charge on any atom is 0.315 e. The highest BCUT2D eigenvalue weighted by Gasteiger charge is 2.59. The van der Waals surface area contributed by atoms with Crippen molar-refractivity contribution in [2.24, 2.45) is 11.3 Å². The lowest BCUT2D eigenvalue weighted by Crippen LogP contribution is -2.67. The first-order valence-corrected chi connectivity index (χ1v) is 8.57. The van der Waals surface area contributed by atoms with Crippen molar-refractivity contribution in [2.45, 2.75) is 45.3 Å². The summed E-state index contributed by atoms with van der Waals surface area (Å²) in [5, 5.41) is 8.23. The molecular weight excluding hydrogens is 284 g/mol. The molecule has 0 spiro atoms. The molecule has 0 radical (unpaired) electrons. The Bertz CT molecular complexity index is 500. The van der Waals surface area contributed by atoms with Crippen LogP contribution in [0, 0.1) is 11.3 Å². The number of hydrogen-bond acceptors (Lipinski definition) is 3. The molecule has 2 fully saturated rings. The molecule has 2 N–H and O–H groups in total. The summed E-state index contributed by atoms with van der Waals surface area (Å²) in [5.41, 5.74) is 0.0396. The van der Waals surface area contributed by atoms with E-state index in [1.807, 2.05) is 6.07 Å². The molecule has 4 nitrogen and oxygen atoms in total. The number of hydrogen-bond donors (Lipinski definition) is 2. The zero-order valence-corrected chi connectivity index (χ0v) is 13.7. The van der Waals surface area contributed by atoms with Gasteiger partial charge in [-0.05, 0) is 17.9 Å². The van der Waals surface area contributed by atoms with Gasteiger partial charge in [0.25, 0.3) is 0 Å². The molecule has 1 saturated carbocycles. The highest BCUT2D eigenvalue weighted by molar-refractivity contribution is 7.10. The van der Waals surface area contributed by atoms with Crippen LogP contribution in [0.2, 0.25) is 0 Å². The second-order valence-electron chi connectivity index (χ2n) is 6.81. The predicted octanol–water partition coefficient (Wildman–Crippen LogP) is 2.96. The number of rotatable bonds is 4. The third kappa shape index (κ3) is 2.69. The van der Waals surface area contributed by atoms with Crippen LogP contribution < -0.4 is 10.6 Å². The van der Waals surface area contributed by atoms with E-state index < -0.39 is 0 Å². The number of nitrogens with one attached hydrogen (secondary N) is 2. The van der Waals surface area contributed by atoms with Crippen molar-refractivity contribution in [2.75, 3.05) is 13.2 Å². The Labute approximate surface area is 130 Å². The van der Waals surface area contributed by atoms with Crippen LogP contribution in [0.3, 0.4) is 0 Å². The molecule has 0 bridgehead atoms. The third-order valence-corrected chi connectivity index (χ3v) is 6.09. The lowest BCUT2D eigenvalue weighted by Gasteiger charge is -2.54. The van der Waals surface area contributed by atoms with Crippen LogP contribution in [-0.4, -0.2) is 31.3 Å². The van der Waals surface area contributed by atoms with Crippen molar-refractivity contribution < 1.29 is 9.53 Å². The third-order valence-electron chi connectivity index (χ3n) is 4.98. The minimum absolute atomic E-state index is 0.0396. The van der Waals surface area contributed by atoms with Gasteiger partial charge >= 0.3 is 6.03 Å². The summed E-state index contributed by atoms with van der Waals surface area (Å²) in [4.78, 5) is 13.4. The molecular formula is C16H24N2O2S. The van der Waals surface area contributed by atoms with Gasteiger partial charge in [-0.3, -0.25) is 0 Å². The van der Waals surface area contributed by atoms with E-state index >= 15 is 0 Å². The van der Waals surface area contributed by atoms with E-state index in [4.69, 9.17) is 4.74 Å². The number of urea groups is 1. The van der Waals surface area contributed by atoms with Crippen molar-refractivity contribution in [1.82, 2.24) is 10.6 Å². The monoisotopic (exact) mass is 308 g/mol. The van der Waals surface area contributed by atoms with E-state index in [1.54, 1.807) is 11.3 Å². The smallest absolute Gasteiger partial charge is 0.315 e. The molecule has 4 atom stereocenters. The van der Waals surface area contributed by atoms with E-state index in [0.717, 1.165) is 13.0 Å². The molecule has 1 aromatic heterocycles. The molecule has 1 aliphatic carbocycles. The molecule has 2 aliphatic rings. The maximum atomic E-state index is 12.1. The highest BCUT2D eigenvalue weighted by Crippen LogP contribution is 2.52. The Morgan fingerprint density at radius 1 is 1.57 bits per heavy atom. The van der Waals surface area contributed by atoms with E-state index in [2.05, 4.69) is 42.9 Å². The average Bonchev–Trinajstić information content (AvgIpc) is 3.11. The van der Waals surface area contributed by atoms with Gasteiger partial charge in [0.1, 0.15) is 0 Å². The molecule has 5 heteroatoms. The Morgan fingerprint density at radius 2 is 2.38 bits per heavy atom. The summed E-state index contributed by atoms with van der Waals surface area (Å²) in [7, 11) is 0. The molecule has 4 unspecified atom stereocenters. The molecule has 2 heterocycles. The van der Waals surface area contributed by atoms with Gasteiger partial charge in [-0.2, -0.15) is 0 Å². The van der Waals surface area contributed by atoms with Gasteiger partial charge in [0.05, 0.1) is 6.10 Å². The number of carbonyl (C=O) groups excluding carboxylic acids is 1. The van der Waals surface area contributed by atoms with Gasteiger partial charge < -0.3 is 15.4 Å². The first-order valence-electron chi connectivity index (χ1n) is 7.69. The minimum Gasteiger partial charge on any atom is -0.377 e. The Morgan fingerprint density at radius 3 is 3.10 bits per heavy atom. The Kier molecular flexibility index (Phi) is 3.97. The first-order chi connectivity index (χ1) is 10.00. The van der Waals surface area contributed by atoms with Crippen molar-refractivity contribution in [3.05, 3.63) is 22.4 Å². The Balaban J connectivity index is 1.48. The van der Waals surface area contributed by atoms with E-state index in [1.165, 1.54) is 4.88 Å². The fourth-order valence-corrected chi connectivity index (χ4v) is 4.51. The van der Waals surface area contributed by atoms with Crippen molar-refractivity contribution >= 4 is 17.4 Å². The quantitative estimate of drug-likeness (QED) is 0.898. The summed E-state index contributed by atoms with van der Waals surface area (Å²) < 4.78 is 5.76. The van der Waals surface area contributed by atoms with Crippen LogP contribution in [0.15, 0.2) is 17.5 Å². The normalized spacial score (nSPS) is 31.1. The summed E-state index contributed by atoms with van der Waals surface area (Å²) in [6.07, 6.45) is 1.37. The summed E-state index contributed by atoms with van der Waals surface area (Å²) in [5.74, 6) is 0.841. The average molecular weight is 308 g/mol. The number of amides is 2. The summed E-state index contributed by atoms with van der Waals surface area (Å²) in [6.45, 7) is 8.00. The summed E-state index contributed by atoms with van der Waals surface area (Å²) in [6, 6.07) is 4.34. The molecule has 1 aromatic rings. The van der Waals surface area contributed by atoms with Gasteiger partial charge in [-0.25, -0.2) is 4.79 Å². The molecule has 2 amide bonds. The van der Waals surface area contributed by atoms with Gasteiger partial charge in [0.2, 0.25) is 0 Å². The molecule has 1 aliphatic heterocycles. The number of ether oxygens (including phenoxy) is 1. The van der Waals surface area contributed by atoms with E-state index in [0.29, 0.717) is 24.5 Å². The Hall–Kier alpha value is -1.07. The van der Waals surface area contributed by atoms with Crippen LogP contribution in [0.25, 0.3) is 0 Å². The highest BCUT2D eigenvalue weighted by atomic mass is 32.1. The van der Waals surface area contributed by atoms with E-state index in [9.17, 15) is 4.79 Å². The molecule has 116 valence electrons. The summed E-state index contributed by atoms with van der Waals surface area (Å²) >= 11 is 1.74. The molecule has 1 saturated heterocycles. The molecule has 0 aromatic carbocycles. The second-order valence-corrected chi connectivity index (χ2v) is 7.79. The fourth-order valence-electron chi connectivity index (χ4n) is 3.73. The SMILES string of the molecule is CC(CNC(=O)NC1C2CCOC2C1(C)C)c1cccs1. The first kappa shape index (κ1) is 14.9. The minimum atomic E-state index is -0.0539. The zero-order chi connectivity index (χ0) is 15.0. The van der Waals surface area contributed by atoms with Crippen LogP contribution in [0.5, 0.6) is 0 Å². The van der Waals surface area contributed by atoms with Gasteiger partial charge in [-0.1, -0.05) is 26.8 Å². The van der Waals surface area contributed by atoms with Crippen molar-refractivity contribution in [1.29, 1.82) is 0 Å². The predicted molar refractivity (Wildman–Crippen MR) is 84.7 cm³/mol. The maximum absolute atomic E-state index is 12.1. The molecule has 21 heavy (non-hydrogen) atoms. The van der Waals surface area contributed by atoms with Gasteiger partial charge in [0.15, 0.2) is 0 Å². The zero-order valence-electron chi connectivity index (χ0n) is 12.9. The van der Waals surface area contributed by atoms with Gasteiger partial charge in [-0.15, -0.1) is 11.3 Å². The number of carbonyl (C=O) groups is 1. The van der Waals surface area contributed by atoms with Crippen LogP contribution >= 0.6 is 11.3 Å². The van der Waals surface area contributed by atoms with Crippen LogP contribution in [-0.2, 0) is 4.74 Å². The fraction of sp³-hybridized carbons (Fsp3) is 0.688. The largest absolute Gasteiger partial charge is 0.377 e. The topological polar surface area (TPSA) is 50.4 Å². The van der Waals surface area contributed by atoms with Crippen LogP contribution in [0.1, 0.15) is 38.0 Å². The van der Waals surface area contributed by atoms with Crippen molar-refractivity contribution in [3.63, 3.8) is 0 Å². The van der Waals surface area contributed by atoms with Crippen LogP contribution in [0.4, 0.5) is 4.79 Å².